The Morgan fingerprint density at radius 1 is 1.57 bits per heavy atom. The van der Waals surface area contributed by atoms with Crippen molar-refractivity contribution in [2.24, 2.45) is 0 Å². The molecule has 1 aromatic heterocycles. The van der Waals surface area contributed by atoms with E-state index in [1.54, 1.807) is 6.20 Å². The van der Waals surface area contributed by atoms with Gasteiger partial charge in [0, 0.05) is 12.6 Å². The molecule has 1 fully saturated rings. The van der Waals surface area contributed by atoms with Crippen LogP contribution in [0.3, 0.4) is 0 Å². The Labute approximate surface area is 82.6 Å². The van der Waals surface area contributed by atoms with Crippen LogP contribution in [0.15, 0.2) is 12.5 Å². The number of nitrogen functional groups attached to an aromatic ring is 1. The molecule has 0 radical (unpaired) electrons. The zero-order chi connectivity index (χ0) is 9.97. The molecular formula is C9H14N4O. The van der Waals surface area contributed by atoms with Gasteiger partial charge in [-0.3, -0.25) is 0 Å². The third-order valence-corrected chi connectivity index (χ3v) is 2.32. The van der Waals surface area contributed by atoms with E-state index in [9.17, 15) is 0 Å². The van der Waals surface area contributed by atoms with Gasteiger partial charge < -0.3 is 15.7 Å². The number of rotatable bonds is 4. The lowest BCUT2D eigenvalue weighted by Crippen LogP contribution is -2.30. The third-order valence-electron chi connectivity index (χ3n) is 2.32. The highest BCUT2D eigenvalue weighted by Gasteiger charge is 2.30. The van der Waals surface area contributed by atoms with E-state index in [2.05, 4.69) is 14.9 Å². The van der Waals surface area contributed by atoms with Crippen molar-refractivity contribution in [3.05, 3.63) is 12.5 Å². The van der Waals surface area contributed by atoms with Gasteiger partial charge in [-0.05, 0) is 12.8 Å². The van der Waals surface area contributed by atoms with Gasteiger partial charge in [0.2, 0.25) is 0 Å². The van der Waals surface area contributed by atoms with E-state index in [1.807, 2.05) is 0 Å². The standard InChI is InChI=1S/C9H14N4O/c10-8-5-11-6-12-9(8)13(3-4-14)7-1-2-7/h5-7,14H,1-4,10H2. The first-order valence-electron chi connectivity index (χ1n) is 4.76. The Balaban J connectivity index is 2.21. The second-order valence-corrected chi connectivity index (χ2v) is 3.45. The number of nitrogens with zero attached hydrogens (tertiary/aromatic N) is 3. The average molecular weight is 194 g/mol. The van der Waals surface area contributed by atoms with E-state index in [0.717, 1.165) is 18.7 Å². The Hall–Kier alpha value is -1.36. The first-order chi connectivity index (χ1) is 6.83. The van der Waals surface area contributed by atoms with Gasteiger partial charge in [0.25, 0.3) is 0 Å². The summed E-state index contributed by atoms with van der Waals surface area (Å²) in [4.78, 5) is 10.0. The summed E-state index contributed by atoms with van der Waals surface area (Å²) in [5, 5.41) is 8.94. The maximum absolute atomic E-state index is 8.94. The molecule has 3 N–H and O–H groups in total. The normalized spacial score (nSPS) is 15.5. The van der Waals surface area contributed by atoms with Gasteiger partial charge >= 0.3 is 0 Å². The summed E-state index contributed by atoms with van der Waals surface area (Å²) >= 11 is 0. The molecule has 1 aliphatic carbocycles. The second kappa shape index (κ2) is 3.79. The predicted octanol–water partition coefficient (Wildman–Crippen LogP) is 0.0199. The maximum Gasteiger partial charge on any atom is 0.155 e. The van der Waals surface area contributed by atoms with Crippen molar-refractivity contribution in [2.45, 2.75) is 18.9 Å². The Kier molecular flexibility index (Phi) is 2.49. The fourth-order valence-corrected chi connectivity index (χ4v) is 1.53. The Bertz CT molecular complexity index is 313. The molecule has 1 aliphatic rings. The van der Waals surface area contributed by atoms with Crippen molar-refractivity contribution in [2.75, 3.05) is 23.8 Å². The van der Waals surface area contributed by atoms with Crippen molar-refractivity contribution in [1.29, 1.82) is 0 Å². The lowest BCUT2D eigenvalue weighted by molar-refractivity contribution is 0.301. The van der Waals surface area contributed by atoms with E-state index in [4.69, 9.17) is 10.8 Å². The molecule has 0 aromatic carbocycles. The number of aliphatic hydroxyl groups is 1. The molecule has 5 nitrogen and oxygen atoms in total. The minimum absolute atomic E-state index is 0.125. The number of nitrogens with two attached hydrogens (primary N) is 1. The van der Waals surface area contributed by atoms with Crippen LogP contribution in [0.4, 0.5) is 11.5 Å². The topological polar surface area (TPSA) is 75.3 Å². The summed E-state index contributed by atoms with van der Waals surface area (Å²) < 4.78 is 0. The van der Waals surface area contributed by atoms with Gasteiger partial charge in [-0.1, -0.05) is 0 Å². The monoisotopic (exact) mass is 194 g/mol. The van der Waals surface area contributed by atoms with Crippen LogP contribution < -0.4 is 10.6 Å². The molecule has 0 atom stereocenters. The number of aliphatic hydroxyl groups excluding tert-OH is 1. The van der Waals surface area contributed by atoms with Crippen molar-refractivity contribution < 1.29 is 5.11 Å². The molecule has 14 heavy (non-hydrogen) atoms. The van der Waals surface area contributed by atoms with E-state index >= 15 is 0 Å². The van der Waals surface area contributed by atoms with Crippen LogP contribution in [0, 0.1) is 0 Å². The Morgan fingerprint density at radius 2 is 2.36 bits per heavy atom. The van der Waals surface area contributed by atoms with E-state index < -0.39 is 0 Å². The van der Waals surface area contributed by atoms with Gasteiger partial charge in [0.1, 0.15) is 6.33 Å². The van der Waals surface area contributed by atoms with E-state index in [1.165, 1.54) is 6.33 Å². The molecule has 2 rings (SSSR count). The third kappa shape index (κ3) is 1.77. The maximum atomic E-state index is 8.94. The lowest BCUT2D eigenvalue weighted by Gasteiger charge is -2.23. The summed E-state index contributed by atoms with van der Waals surface area (Å²) in [5.74, 6) is 0.747. The second-order valence-electron chi connectivity index (χ2n) is 3.45. The molecule has 0 spiro atoms. The molecule has 1 heterocycles. The van der Waals surface area contributed by atoms with E-state index in [-0.39, 0.29) is 6.61 Å². The SMILES string of the molecule is Nc1cncnc1N(CCO)C1CC1. The predicted molar refractivity (Wildman–Crippen MR) is 53.9 cm³/mol. The molecule has 1 aromatic rings. The van der Waals surface area contributed by atoms with Crippen LogP contribution in [0.5, 0.6) is 0 Å². The zero-order valence-electron chi connectivity index (χ0n) is 7.93. The minimum Gasteiger partial charge on any atom is -0.395 e. The number of aromatic nitrogens is 2. The number of anilines is 2. The summed E-state index contributed by atoms with van der Waals surface area (Å²) in [6.45, 7) is 0.714. The Morgan fingerprint density at radius 3 is 2.93 bits per heavy atom. The van der Waals surface area contributed by atoms with Crippen LogP contribution in [0.2, 0.25) is 0 Å². The van der Waals surface area contributed by atoms with Crippen molar-refractivity contribution >= 4 is 11.5 Å². The van der Waals surface area contributed by atoms with Gasteiger partial charge in [-0.2, -0.15) is 0 Å². The fraction of sp³-hybridized carbons (Fsp3) is 0.556. The van der Waals surface area contributed by atoms with E-state index in [0.29, 0.717) is 18.3 Å². The quantitative estimate of drug-likeness (QED) is 0.706. The first kappa shape index (κ1) is 9.21. The molecule has 1 saturated carbocycles. The molecule has 0 saturated heterocycles. The number of hydrogen-bond acceptors (Lipinski definition) is 5. The van der Waals surface area contributed by atoms with Crippen LogP contribution >= 0.6 is 0 Å². The van der Waals surface area contributed by atoms with Gasteiger partial charge in [-0.15, -0.1) is 0 Å². The summed E-state index contributed by atoms with van der Waals surface area (Å²) in [6.07, 6.45) is 5.39. The molecule has 0 bridgehead atoms. The van der Waals surface area contributed by atoms with Gasteiger partial charge in [0.05, 0.1) is 18.5 Å². The zero-order valence-corrected chi connectivity index (χ0v) is 7.93. The average Bonchev–Trinajstić information content (AvgIpc) is 2.99. The molecule has 0 unspecified atom stereocenters. The van der Waals surface area contributed by atoms with Crippen LogP contribution in [0.1, 0.15) is 12.8 Å². The lowest BCUT2D eigenvalue weighted by atomic mass is 10.4. The minimum atomic E-state index is 0.125. The molecule has 76 valence electrons. The summed E-state index contributed by atoms with van der Waals surface area (Å²) in [5.41, 5.74) is 6.35. The van der Waals surface area contributed by atoms with Crippen molar-refractivity contribution in [1.82, 2.24) is 9.97 Å². The molecule has 5 heteroatoms. The summed E-state index contributed by atoms with van der Waals surface area (Å²) in [7, 11) is 0. The number of hydrogen-bond donors (Lipinski definition) is 2. The summed E-state index contributed by atoms with van der Waals surface area (Å²) in [6, 6.07) is 0.499. The first-order valence-corrected chi connectivity index (χ1v) is 4.76. The highest BCUT2D eigenvalue weighted by Crippen LogP contribution is 2.32. The van der Waals surface area contributed by atoms with Crippen molar-refractivity contribution in [3.8, 4) is 0 Å². The van der Waals surface area contributed by atoms with Crippen molar-refractivity contribution in [3.63, 3.8) is 0 Å². The van der Waals surface area contributed by atoms with Crippen LogP contribution in [0.25, 0.3) is 0 Å². The molecule has 0 amide bonds. The molecular weight excluding hydrogens is 180 g/mol. The van der Waals surface area contributed by atoms with Gasteiger partial charge in [-0.25, -0.2) is 9.97 Å². The smallest absolute Gasteiger partial charge is 0.155 e. The largest absolute Gasteiger partial charge is 0.395 e. The van der Waals surface area contributed by atoms with Gasteiger partial charge in [0.15, 0.2) is 5.82 Å². The van der Waals surface area contributed by atoms with Crippen LogP contribution in [-0.4, -0.2) is 34.3 Å². The van der Waals surface area contributed by atoms with Crippen LogP contribution in [-0.2, 0) is 0 Å². The molecule has 0 aliphatic heterocycles. The highest BCUT2D eigenvalue weighted by atomic mass is 16.3. The highest BCUT2D eigenvalue weighted by molar-refractivity contribution is 5.62. The fourth-order valence-electron chi connectivity index (χ4n) is 1.53.